The first kappa shape index (κ1) is 26.2. The molecule has 0 saturated carbocycles. The highest BCUT2D eigenvalue weighted by molar-refractivity contribution is 14.0. The Morgan fingerprint density at radius 3 is 2.30 bits per heavy atom. The summed E-state index contributed by atoms with van der Waals surface area (Å²) in [4.78, 5) is 26.3. The van der Waals surface area contributed by atoms with Gasteiger partial charge in [-0.25, -0.2) is 0 Å². The van der Waals surface area contributed by atoms with Crippen LogP contribution in [0.15, 0.2) is 35.3 Å². The van der Waals surface area contributed by atoms with Crippen molar-refractivity contribution in [3.05, 3.63) is 35.9 Å². The molecule has 1 N–H and O–H groups in total. The predicted octanol–water partition coefficient (Wildman–Crippen LogP) is 1.32. The quantitative estimate of drug-likeness (QED) is 0.317. The molecule has 1 atom stereocenters. The van der Waals surface area contributed by atoms with E-state index in [4.69, 9.17) is 4.74 Å². The van der Waals surface area contributed by atoms with E-state index in [1.165, 1.54) is 5.56 Å². The number of ether oxygens (including phenoxy) is 1. The Kier molecular flexibility index (Phi) is 10.7. The lowest BCUT2D eigenvalue weighted by Crippen LogP contribution is -2.56. The number of benzene rings is 1. The molecule has 184 valence electrons. The van der Waals surface area contributed by atoms with Crippen LogP contribution in [-0.2, 0) is 16.1 Å². The number of halogens is 1. The molecule has 4 rings (SSSR count). The van der Waals surface area contributed by atoms with Crippen LogP contribution >= 0.6 is 24.0 Å². The molecular formula is C24H39IN6O2. The highest BCUT2D eigenvalue weighted by Crippen LogP contribution is 2.16. The van der Waals surface area contributed by atoms with E-state index in [1.807, 2.05) is 11.9 Å². The number of hydrogen-bond donors (Lipinski definition) is 1. The molecule has 1 amide bonds. The van der Waals surface area contributed by atoms with Crippen LogP contribution in [-0.4, -0.2) is 117 Å². The Morgan fingerprint density at radius 2 is 1.67 bits per heavy atom. The molecule has 33 heavy (non-hydrogen) atoms. The minimum Gasteiger partial charge on any atom is -0.368 e. The molecule has 0 aliphatic carbocycles. The average Bonchev–Trinajstić information content (AvgIpc) is 3.38. The molecule has 1 aromatic carbocycles. The Balaban J connectivity index is 0.00000306. The number of nitrogens with one attached hydrogen (secondary N) is 1. The number of guanidine groups is 1. The highest BCUT2D eigenvalue weighted by Gasteiger charge is 2.31. The predicted molar refractivity (Wildman–Crippen MR) is 142 cm³/mol. The lowest BCUT2D eigenvalue weighted by Gasteiger charge is -2.38. The summed E-state index contributed by atoms with van der Waals surface area (Å²) in [5, 5.41) is 3.53. The van der Waals surface area contributed by atoms with Crippen LogP contribution in [0.2, 0.25) is 0 Å². The topological polar surface area (TPSA) is 63.7 Å². The van der Waals surface area contributed by atoms with Crippen molar-refractivity contribution >= 4 is 35.8 Å². The molecule has 9 heteroatoms. The van der Waals surface area contributed by atoms with Gasteiger partial charge >= 0.3 is 0 Å². The first-order valence-electron chi connectivity index (χ1n) is 12.1. The zero-order chi connectivity index (χ0) is 22.2. The van der Waals surface area contributed by atoms with E-state index in [9.17, 15) is 4.79 Å². The number of piperazine rings is 2. The summed E-state index contributed by atoms with van der Waals surface area (Å²) in [6.45, 7) is 11.2. The fraction of sp³-hybridized carbons (Fsp3) is 0.667. The lowest BCUT2D eigenvalue weighted by atomic mass is 10.2. The zero-order valence-electron chi connectivity index (χ0n) is 19.8. The van der Waals surface area contributed by atoms with Crippen molar-refractivity contribution in [2.75, 3.05) is 79.1 Å². The summed E-state index contributed by atoms with van der Waals surface area (Å²) in [6, 6.07) is 10.7. The summed E-state index contributed by atoms with van der Waals surface area (Å²) in [6.07, 6.45) is 1.64. The molecule has 1 aromatic rings. The van der Waals surface area contributed by atoms with E-state index in [-0.39, 0.29) is 36.0 Å². The molecule has 3 fully saturated rings. The highest BCUT2D eigenvalue weighted by atomic mass is 127. The van der Waals surface area contributed by atoms with Gasteiger partial charge in [-0.2, -0.15) is 0 Å². The van der Waals surface area contributed by atoms with Gasteiger partial charge in [-0.3, -0.25) is 19.6 Å². The second-order valence-corrected chi connectivity index (χ2v) is 8.89. The Bertz CT molecular complexity index is 743. The molecule has 3 aliphatic heterocycles. The van der Waals surface area contributed by atoms with Crippen LogP contribution in [0.4, 0.5) is 0 Å². The SMILES string of the molecule is CN=C(NCCN1CCN(Cc2ccccc2)CC1)N1CCN(C(=O)C2CCCO2)CC1.I. The molecule has 3 aliphatic rings. The van der Waals surface area contributed by atoms with E-state index in [0.717, 1.165) is 97.4 Å². The van der Waals surface area contributed by atoms with Crippen LogP contribution in [0.1, 0.15) is 18.4 Å². The van der Waals surface area contributed by atoms with Crippen molar-refractivity contribution in [1.82, 2.24) is 24.9 Å². The van der Waals surface area contributed by atoms with Crippen LogP contribution in [0.25, 0.3) is 0 Å². The summed E-state index contributed by atoms with van der Waals surface area (Å²) in [5.74, 6) is 1.11. The van der Waals surface area contributed by atoms with Gasteiger partial charge in [0.15, 0.2) is 5.96 Å². The van der Waals surface area contributed by atoms with Crippen LogP contribution in [0.5, 0.6) is 0 Å². The normalized spacial score (nSPS) is 22.8. The number of carbonyl (C=O) groups excluding carboxylic acids is 1. The van der Waals surface area contributed by atoms with E-state index in [0.29, 0.717) is 0 Å². The van der Waals surface area contributed by atoms with Crippen molar-refractivity contribution in [2.24, 2.45) is 4.99 Å². The number of hydrogen-bond acceptors (Lipinski definition) is 5. The Hall–Kier alpha value is -1.43. The summed E-state index contributed by atoms with van der Waals surface area (Å²) in [5.41, 5.74) is 1.39. The third kappa shape index (κ3) is 7.53. The van der Waals surface area contributed by atoms with Gasteiger partial charge in [0, 0.05) is 85.6 Å². The third-order valence-corrected chi connectivity index (χ3v) is 6.73. The molecular weight excluding hydrogens is 531 g/mol. The molecule has 3 saturated heterocycles. The van der Waals surface area contributed by atoms with Crippen molar-refractivity contribution in [1.29, 1.82) is 0 Å². The molecule has 1 unspecified atom stereocenters. The van der Waals surface area contributed by atoms with Gasteiger partial charge in [-0.05, 0) is 18.4 Å². The van der Waals surface area contributed by atoms with Gasteiger partial charge in [0.25, 0.3) is 5.91 Å². The standard InChI is InChI=1S/C24H38N6O2.HI/c1-25-24(30-17-15-29(16-18-30)23(31)22-8-5-19-32-22)26-9-10-27-11-13-28(14-12-27)20-21-6-3-2-4-7-21;/h2-4,6-7,22H,5,8-20H2,1H3,(H,25,26);1H. The van der Waals surface area contributed by atoms with E-state index in [2.05, 4.69) is 55.3 Å². The smallest absolute Gasteiger partial charge is 0.251 e. The monoisotopic (exact) mass is 570 g/mol. The van der Waals surface area contributed by atoms with Crippen LogP contribution in [0.3, 0.4) is 0 Å². The van der Waals surface area contributed by atoms with E-state index >= 15 is 0 Å². The van der Waals surface area contributed by atoms with Gasteiger partial charge in [0.2, 0.25) is 0 Å². The van der Waals surface area contributed by atoms with Gasteiger partial charge in [0.1, 0.15) is 6.10 Å². The van der Waals surface area contributed by atoms with Crippen LogP contribution < -0.4 is 5.32 Å². The van der Waals surface area contributed by atoms with Crippen molar-refractivity contribution in [2.45, 2.75) is 25.5 Å². The number of amides is 1. The minimum absolute atomic E-state index is 0. The van der Waals surface area contributed by atoms with Gasteiger partial charge < -0.3 is 19.9 Å². The maximum Gasteiger partial charge on any atom is 0.251 e. The number of aliphatic imine (C=N–C) groups is 1. The fourth-order valence-electron chi connectivity index (χ4n) is 4.79. The molecule has 3 heterocycles. The first-order valence-corrected chi connectivity index (χ1v) is 12.1. The summed E-state index contributed by atoms with van der Waals surface area (Å²) >= 11 is 0. The molecule has 0 bridgehead atoms. The fourth-order valence-corrected chi connectivity index (χ4v) is 4.79. The van der Waals surface area contributed by atoms with E-state index < -0.39 is 0 Å². The second-order valence-electron chi connectivity index (χ2n) is 8.89. The third-order valence-electron chi connectivity index (χ3n) is 6.73. The Morgan fingerprint density at radius 1 is 1.00 bits per heavy atom. The van der Waals surface area contributed by atoms with Crippen LogP contribution in [0, 0.1) is 0 Å². The lowest BCUT2D eigenvalue weighted by molar-refractivity contribution is -0.142. The van der Waals surface area contributed by atoms with Crippen molar-refractivity contribution in [3.63, 3.8) is 0 Å². The molecule has 0 aromatic heterocycles. The number of carbonyl (C=O) groups is 1. The minimum atomic E-state index is -0.216. The largest absolute Gasteiger partial charge is 0.368 e. The molecule has 0 radical (unpaired) electrons. The van der Waals surface area contributed by atoms with Crippen molar-refractivity contribution < 1.29 is 9.53 Å². The number of nitrogens with zero attached hydrogens (tertiary/aromatic N) is 5. The first-order chi connectivity index (χ1) is 15.7. The molecule has 8 nitrogen and oxygen atoms in total. The number of rotatable bonds is 6. The Labute approximate surface area is 215 Å². The van der Waals surface area contributed by atoms with E-state index in [1.54, 1.807) is 0 Å². The molecule has 0 spiro atoms. The van der Waals surface area contributed by atoms with Gasteiger partial charge in [0.05, 0.1) is 0 Å². The summed E-state index contributed by atoms with van der Waals surface area (Å²) in [7, 11) is 1.84. The second kappa shape index (κ2) is 13.5. The maximum atomic E-state index is 12.5. The average molecular weight is 571 g/mol. The summed E-state index contributed by atoms with van der Waals surface area (Å²) < 4.78 is 5.56. The maximum absolute atomic E-state index is 12.5. The van der Waals surface area contributed by atoms with Crippen molar-refractivity contribution in [3.8, 4) is 0 Å². The van der Waals surface area contributed by atoms with Gasteiger partial charge in [-0.15, -0.1) is 24.0 Å². The zero-order valence-corrected chi connectivity index (χ0v) is 22.2. The van der Waals surface area contributed by atoms with Gasteiger partial charge in [-0.1, -0.05) is 30.3 Å².